The molecule has 0 aliphatic heterocycles. The SMILES string of the molecule is CC(=O)O.CN(C)c1cccc(C(=O)Nc2n[nH]c3ccc(Nc4ccnc(N)n4)cc23)c1. The number of nitrogens with zero attached hydrogens (tertiary/aromatic N) is 4. The van der Waals surface area contributed by atoms with Crippen LogP contribution in [0.5, 0.6) is 0 Å². The Balaban J connectivity index is 0.000000709. The summed E-state index contributed by atoms with van der Waals surface area (Å²) in [5, 5.41) is 21.4. The molecule has 4 aromatic rings. The molecule has 2 aromatic heterocycles. The zero-order valence-electron chi connectivity index (χ0n) is 18.3. The number of carboxylic acid groups (broad SMARTS) is 1. The number of rotatable bonds is 5. The maximum absolute atomic E-state index is 12.7. The number of anilines is 5. The van der Waals surface area contributed by atoms with Crippen LogP contribution in [0.3, 0.4) is 0 Å². The minimum atomic E-state index is -0.833. The van der Waals surface area contributed by atoms with Crippen molar-refractivity contribution in [3.05, 3.63) is 60.3 Å². The van der Waals surface area contributed by atoms with Crippen LogP contribution in [0.25, 0.3) is 10.9 Å². The molecule has 0 aliphatic rings. The number of fused-ring (bicyclic) bond motifs is 1. The molecular weight excluding hydrogens is 424 g/mol. The van der Waals surface area contributed by atoms with Gasteiger partial charge in [-0.3, -0.25) is 14.7 Å². The minimum absolute atomic E-state index is 0.187. The number of aliphatic carboxylic acids is 1. The maximum Gasteiger partial charge on any atom is 0.300 e. The summed E-state index contributed by atoms with van der Waals surface area (Å²) in [5.74, 6) is 0.147. The number of H-pyrrole nitrogens is 1. The predicted molar refractivity (Wildman–Crippen MR) is 128 cm³/mol. The van der Waals surface area contributed by atoms with Crippen LogP contribution < -0.4 is 21.3 Å². The number of hydrogen-bond donors (Lipinski definition) is 5. The number of aromatic amines is 1. The van der Waals surface area contributed by atoms with Crippen molar-refractivity contribution in [3.63, 3.8) is 0 Å². The highest BCUT2D eigenvalue weighted by molar-refractivity contribution is 6.08. The molecule has 11 heteroatoms. The lowest BCUT2D eigenvalue weighted by molar-refractivity contribution is -0.134. The second kappa shape index (κ2) is 10.1. The number of carbonyl (C=O) groups is 2. The fraction of sp³-hybridized carbons (Fsp3) is 0.136. The first kappa shape index (κ1) is 23.0. The molecule has 0 aliphatic carbocycles. The average Bonchev–Trinajstić information content (AvgIpc) is 3.15. The molecule has 1 amide bonds. The Morgan fingerprint density at radius 2 is 1.88 bits per heavy atom. The number of carbonyl (C=O) groups excluding carboxylic acids is 1. The van der Waals surface area contributed by atoms with E-state index < -0.39 is 5.97 Å². The number of nitrogens with two attached hydrogens (primary N) is 1. The van der Waals surface area contributed by atoms with E-state index in [4.69, 9.17) is 15.6 Å². The van der Waals surface area contributed by atoms with Crippen molar-refractivity contribution >= 4 is 51.7 Å². The molecule has 0 spiro atoms. The smallest absolute Gasteiger partial charge is 0.300 e. The summed E-state index contributed by atoms with van der Waals surface area (Å²) in [6.07, 6.45) is 1.58. The van der Waals surface area contributed by atoms with E-state index >= 15 is 0 Å². The number of carboxylic acids is 1. The van der Waals surface area contributed by atoms with Crippen LogP contribution in [0.2, 0.25) is 0 Å². The van der Waals surface area contributed by atoms with Crippen LogP contribution >= 0.6 is 0 Å². The van der Waals surface area contributed by atoms with Crippen LogP contribution in [0.4, 0.5) is 29.0 Å². The van der Waals surface area contributed by atoms with Gasteiger partial charge in [-0.2, -0.15) is 10.1 Å². The molecule has 6 N–H and O–H groups in total. The van der Waals surface area contributed by atoms with Crippen molar-refractivity contribution in [3.8, 4) is 0 Å². The quantitative estimate of drug-likeness (QED) is 0.309. The Hall–Kier alpha value is -4.67. The summed E-state index contributed by atoms with van der Waals surface area (Å²) in [4.78, 5) is 31.7. The first-order valence-corrected chi connectivity index (χ1v) is 9.85. The first-order chi connectivity index (χ1) is 15.7. The number of nitrogen functional groups attached to an aromatic ring is 1. The molecule has 170 valence electrons. The number of nitrogens with one attached hydrogen (secondary N) is 3. The summed E-state index contributed by atoms with van der Waals surface area (Å²) in [6.45, 7) is 1.08. The van der Waals surface area contributed by atoms with E-state index in [1.54, 1.807) is 18.3 Å². The molecule has 11 nitrogen and oxygen atoms in total. The topological polar surface area (TPSA) is 162 Å². The molecule has 33 heavy (non-hydrogen) atoms. The van der Waals surface area contributed by atoms with E-state index in [9.17, 15) is 4.79 Å². The first-order valence-electron chi connectivity index (χ1n) is 9.85. The Labute approximate surface area is 189 Å². The number of hydrogen-bond acceptors (Lipinski definition) is 8. The van der Waals surface area contributed by atoms with Gasteiger partial charge in [0.15, 0.2) is 5.82 Å². The molecule has 0 saturated carbocycles. The van der Waals surface area contributed by atoms with Gasteiger partial charge in [0.05, 0.1) is 5.52 Å². The third-order valence-electron chi connectivity index (χ3n) is 4.37. The van der Waals surface area contributed by atoms with E-state index in [0.29, 0.717) is 17.2 Å². The molecule has 0 fully saturated rings. The standard InChI is InChI=1S/C20H20N8O.C2H4O2/c1-28(2)14-5-3-4-12(10-14)19(29)25-18-15-11-13(6-7-16(15)26-27-18)23-17-8-9-22-20(21)24-17;1-2(3)4/h3-11H,1-2H3,(H3,21,22,23,24)(H2,25,26,27,29);1H3,(H,3,4). The van der Waals surface area contributed by atoms with Crippen LogP contribution in [0, 0.1) is 0 Å². The van der Waals surface area contributed by atoms with Gasteiger partial charge < -0.3 is 26.4 Å². The van der Waals surface area contributed by atoms with E-state index in [-0.39, 0.29) is 11.9 Å². The Bertz CT molecular complexity index is 1280. The number of aromatic nitrogens is 4. The third-order valence-corrected chi connectivity index (χ3v) is 4.37. The number of amides is 1. The highest BCUT2D eigenvalue weighted by Crippen LogP contribution is 2.26. The predicted octanol–water partition coefficient (Wildman–Crippen LogP) is 3.09. The summed E-state index contributed by atoms with van der Waals surface area (Å²) in [5.41, 5.74) is 8.70. The van der Waals surface area contributed by atoms with E-state index in [1.165, 1.54) is 0 Å². The molecular formula is C22H24N8O3. The molecule has 0 atom stereocenters. The lowest BCUT2D eigenvalue weighted by Crippen LogP contribution is -2.14. The van der Waals surface area contributed by atoms with Crippen LogP contribution in [-0.2, 0) is 4.79 Å². The summed E-state index contributed by atoms with van der Waals surface area (Å²) in [7, 11) is 3.86. The highest BCUT2D eigenvalue weighted by Gasteiger charge is 2.13. The van der Waals surface area contributed by atoms with E-state index in [1.807, 2.05) is 55.4 Å². The molecule has 0 saturated heterocycles. The Morgan fingerprint density at radius 3 is 2.58 bits per heavy atom. The highest BCUT2D eigenvalue weighted by atomic mass is 16.4. The summed E-state index contributed by atoms with van der Waals surface area (Å²) in [6, 6.07) is 14.7. The molecule has 4 rings (SSSR count). The van der Waals surface area contributed by atoms with Gasteiger partial charge in [-0.15, -0.1) is 0 Å². The Morgan fingerprint density at radius 1 is 1.12 bits per heavy atom. The average molecular weight is 448 g/mol. The summed E-state index contributed by atoms with van der Waals surface area (Å²) >= 11 is 0. The monoisotopic (exact) mass is 448 g/mol. The molecule has 2 aromatic carbocycles. The normalized spacial score (nSPS) is 10.2. The van der Waals surface area contributed by atoms with Gasteiger partial charge in [-0.25, -0.2) is 4.98 Å². The van der Waals surface area contributed by atoms with E-state index in [2.05, 4.69) is 30.8 Å². The van der Waals surface area contributed by atoms with Crippen molar-refractivity contribution in [2.45, 2.75) is 6.92 Å². The van der Waals surface area contributed by atoms with Gasteiger partial charge in [-0.05, 0) is 42.5 Å². The fourth-order valence-electron chi connectivity index (χ4n) is 2.88. The zero-order chi connectivity index (χ0) is 24.0. The van der Waals surface area contributed by atoms with Crippen LogP contribution in [-0.4, -0.2) is 51.2 Å². The van der Waals surface area contributed by atoms with Gasteiger partial charge in [0.1, 0.15) is 5.82 Å². The van der Waals surface area contributed by atoms with Gasteiger partial charge in [0.25, 0.3) is 11.9 Å². The Kier molecular flexibility index (Phi) is 7.03. The van der Waals surface area contributed by atoms with Crippen molar-refractivity contribution in [2.75, 3.05) is 35.4 Å². The van der Waals surface area contributed by atoms with Crippen LogP contribution in [0.1, 0.15) is 17.3 Å². The lowest BCUT2D eigenvalue weighted by Gasteiger charge is -2.13. The second-order valence-corrected chi connectivity index (χ2v) is 7.18. The molecule has 0 unspecified atom stereocenters. The minimum Gasteiger partial charge on any atom is -0.481 e. The molecule has 0 bridgehead atoms. The van der Waals surface area contributed by atoms with Crippen molar-refractivity contribution in [1.29, 1.82) is 0 Å². The second-order valence-electron chi connectivity index (χ2n) is 7.18. The van der Waals surface area contributed by atoms with Crippen LogP contribution in [0.15, 0.2) is 54.7 Å². The van der Waals surface area contributed by atoms with Gasteiger partial charge in [0, 0.05) is 49.5 Å². The maximum atomic E-state index is 12.7. The molecule has 2 heterocycles. The fourth-order valence-corrected chi connectivity index (χ4v) is 2.88. The van der Waals surface area contributed by atoms with Crippen molar-refractivity contribution in [2.24, 2.45) is 0 Å². The lowest BCUT2D eigenvalue weighted by atomic mass is 10.1. The van der Waals surface area contributed by atoms with Gasteiger partial charge >= 0.3 is 0 Å². The van der Waals surface area contributed by atoms with Gasteiger partial charge in [-0.1, -0.05) is 6.07 Å². The number of benzene rings is 2. The van der Waals surface area contributed by atoms with Gasteiger partial charge in [0.2, 0.25) is 5.95 Å². The zero-order valence-corrected chi connectivity index (χ0v) is 18.3. The molecule has 0 radical (unpaired) electrons. The summed E-state index contributed by atoms with van der Waals surface area (Å²) < 4.78 is 0. The van der Waals surface area contributed by atoms with Crippen molar-refractivity contribution < 1.29 is 14.7 Å². The van der Waals surface area contributed by atoms with Crippen molar-refractivity contribution in [1.82, 2.24) is 20.2 Å². The third kappa shape index (κ3) is 6.17. The largest absolute Gasteiger partial charge is 0.481 e. The van der Waals surface area contributed by atoms with E-state index in [0.717, 1.165) is 29.2 Å².